The van der Waals surface area contributed by atoms with E-state index >= 15 is 0 Å². The molecule has 7 fully saturated rings. The number of fused-ring (bicyclic) bond motifs is 4. The van der Waals surface area contributed by atoms with E-state index in [9.17, 15) is 9.90 Å². The van der Waals surface area contributed by atoms with Crippen molar-refractivity contribution in [2.75, 3.05) is 6.54 Å². The van der Waals surface area contributed by atoms with Crippen LogP contribution in [0.15, 0.2) is 0 Å². The van der Waals surface area contributed by atoms with Gasteiger partial charge in [-0.2, -0.15) is 0 Å². The zero-order valence-corrected chi connectivity index (χ0v) is 24.2. The molecular weight excluding hydrogens is 462 g/mol. The molecule has 37 heavy (non-hydrogen) atoms. The Morgan fingerprint density at radius 3 is 2.59 bits per heavy atom. The minimum Gasteiger partial charge on any atom is -0.462 e. The van der Waals surface area contributed by atoms with Crippen molar-refractivity contribution < 1.29 is 19.4 Å². The molecule has 0 aromatic rings. The van der Waals surface area contributed by atoms with Crippen LogP contribution in [0.25, 0.3) is 0 Å². The van der Waals surface area contributed by atoms with E-state index in [-0.39, 0.29) is 23.6 Å². The average Bonchev–Trinajstić information content (AvgIpc) is 3.35. The van der Waals surface area contributed by atoms with Gasteiger partial charge in [-0.15, -0.1) is 0 Å². The molecule has 1 N–H and O–H groups in total. The van der Waals surface area contributed by atoms with Crippen molar-refractivity contribution in [1.29, 1.82) is 0 Å². The quantitative estimate of drug-likeness (QED) is 0.462. The summed E-state index contributed by atoms with van der Waals surface area (Å²) in [5.41, 5.74) is 0.348. The molecule has 1 spiro atoms. The van der Waals surface area contributed by atoms with Gasteiger partial charge in [0.25, 0.3) is 0 Å². The van der Waals surface area contributed by atoms with Gasteiger partial charge >= 0.3 is 5.97 Å². The van der Waals surface area contributed by atoms with Gasteiger partial charge in [0, 0.05) is 31.0 Å². The highest BCUT2D eigenvalue weighted by Crippen LogP contribution is 2.79. The summed E-state index contributed by atoms with van der Waals surface area (Å²) in [6.45, 7) is 14.9. The first kappa shape index (κ1) is 25.3. The van der Waals surface area contributed by atoms with E-state index in [0.29, 0.717) is 22.4 Å². The van der Waals surface area contributed by atoms with E-state index in [4.69, 9.17) is 9.47 Å². The maximum absolute atomic E-state index is 12.1. The first-order valence-corrected chi connectivity index (χ1v) is 15.7. The Balaban J connectivity index is 1.30. The molecule has 5 nitrogen and oxygen atoms in total. The maximum atomic E-state index is 12.1. The van der Waals surface area contributed by atoms with Gasteiger partial charge in [-0.1, -0.05) is 34.1 Å². The molecule has 4 saturated heterocycles. The summed E-state index contributed by atoms with van der Waals surface area (Å²) in [5.74, 6) is 3.13. The molecule has 5 heteroatoms. The number of carbonyl (C=O) groups excluding carboxylic acids is 1. The first-order valence-electron chi connectivity index (χ1n) is 15.7. The number of esters is 1. The number of aliphatic hydroxyl groups excluding tert-OH is 1. The second kappa shape index (κ2) is 7.75. The molecular formula is C32H51NO4. The molecule has 1 unspecified atom stereocenters. The standard InChI is InChI=1S/C32H51NO4/c1-19(2)22-10-14-28(4)21-9-16-31-13-7-8-24(31)32(28,26(22)33(31)18-21)17-11-23-29(5)15-12-25(36-20(3)34)30(23,6)27(35)37-29/h19,21-27,35H,7-18H2,1-6H3/t21-,22-,23+,24-,25-,26+,27-,28+,29-,30-,31-,32-/m1/s1. The molecule has 4 heterocycles. The average molecular weight is 514 g/mol. The fraction of sp³-hybridized carbons (Fsp3) is 0.969. The third-order valence-corrected chi connectivity index (χ3v) is 14.5. The molecule has 13 atom stereocenters. The number of rotatable bonds is 5. The van der Waals surface area contributed by atoms with Crippen LogP contribution in [0.5, 0.6) is 0 Å². The Bertz CT molecular complexity index is 984. The Morgan fingerprint density at radius 1 is 1.08 bits per heavy atom. The van der Waals surface area contributed by atoms with Crippen molar-refractivity contribution >= 4 is 5.97 Å². The van der Waals surface area contributed by atoms with Crippen molar-refractivity contribution in [3.8, 4) is 0 Å². The lowest BCUT2D eigenvalue weighted by Crippen LogP contribution is -2.68. The third kappa shape index (κ3) is 2.81. The number of hydrogen-bond donors (Lipinski definition) is 1. The van der Waals surface area contributed by atoms with E-state index in [0.717, 1.165) is 42.9 Å². The Hall–Kier alpha value is -0.650. The van der Waals surface area contributed by atoms with Crippen LogP contribution in [0.4, 0.5) is 0 Å². The summed E-state index contributed by atoms with van der Waals surface area (Å²) in [6.07, 6.45) is 12.7. The molecule has 0 aromatic carbocycles. The van der Waals surface area contributed by atoms with Crippen LogP contribution >= 0.6 is 0 Å². The van der Waals surface area contributed by atoms with Gasteiger partial charge in [0.2, 0.25) is 0 Å². The van der Waals surface area contributed by atoms with Gasteiger partial charge in [0.15, 0.2) is 6.29 Å². The van der Waals surface area contributed by atoms with Crippen molar-refractivity contribution in [3.63, 3.8) is 0 Å². The van der Waals surface area contributed by atoms with E-state index in [1.165, 1.54) is 64.8 Å². The van der Waals surface area contributed by atoms with Crippen LogP contribution in [-0.2, 0) is 14.3 Å². The van der Waals surface area contributed by atoms with E-state index in [1.807, 2.05) is 0 Å². The lowest BCUT2D eigenvalue weighted by atomic mass is 9.41. The highest BCUT2D eigenvalue weighted by molar-refractivity contribution is 5.66. The minimum atomic E-state index is -0.870. The minimum absolute atomic E-state index is 0.204. The molecule has 0 radical (unpaired) electrons. The second-order valence-corrected chi connectivity index (χ2v) is 15.7. The molecule has 0 amide bonds. The van der Waals surface area contributed by atoms with Crippen molar-refractivity contribution in [2.24, 2.45) is 45.8 Å². The zero-order valence-electron chi connectivity index (χ0n) is 24.2. The molecule has 7 bridgehead atoms. The Morgan fingerprint density at radius 2 is 1.86 bits per heavy atom. The van der Waals surface area contributed by atoms with Crippen molar-refractivity contribution in [3.05, 3.63) is 0 Å². The largest absolute Gasteiger partial charge is 0.462 e. The summed E-state index contributed by atoms with van der Waals surface area (Å²) < 4.78 is 12.3. The molecule has 4 aliphatic heterocycles. The van der Waals surface area contributed by atoms with Crippen molar-refractivity contribution in [2.45, 2.75) is 142 Å². The summed E-state index contributed by atoms with van der Waals surface area (Å²) in [5, 5.41) is 11.3. The number of carbonyl (C=O) groups is 1. The Kier molecular flexibility index (Phi) is 5.31. The predicted octanol–water partition coefficient (Wildman–Crippen LogP) is 5.93. The fourth-order valence-corrected chi connectivity index (χ4v) is 13.0. The lowest BCUT2D eigenvalue weighted by Gasteiger charge is -2.67. The van der Waals surface area contributed by atoms with E-state index in [2.05, 4.69) is 39.5 Å². The van der Waals surface area contributed by atoms with Crippen LogP contribution in [0.3, 0.4) is 0 Å². The number of aliphatic hydroxyl groups is 1. The molecule has 7 aliphatic rings. The highest BCUT2D eigenvalue weighted by Gasteiger charge is 2.80. The predicted molar refractivity (Wildman–Crippen MR) is 143 cm³/mol. The van der Waals surface area contributed by atoms with Gasteiger partial charge in [-0.05, 0) is 106 Å². The molecule has 0 aromatic heterocycles. The maximum Gasteiger partial charge on any atom is 0.302 e. The van der Waals surface area contributed by atoms with Gasteiger partial charge in [0.05, 0.1) is 11.0 Å². The summed E-state index contributed by atoms with van der Waals surface area (Å²) in [7, 11) is 0. The summed E-state index contributed by atoms with van der Waals surface area (Å²) in [6, 6.07) is 0.713. The molecule has 208 valence electrons. The van der Waals surface area contributed by atoms with Crippen LogP contribution in [0.1, 0.15) is 112 Å². The fourth-order valence-electron chi connectivity index (χ4n) is 13.0. The molecule has 3 saturated carbocycles. The van der Waals surface area contributed by atoms with Crippen molar-refractivity contribution in [1.82, 2.24) is 4.90 Å². The highest BCUT2D eigenvalue weighted by atomic mass is 16.6. The van der Waals surface area contributed by atoms with Crippen LogP contribution in [0, 0.1) is 45.8 Å². The number of ether oxygens (including phenoxy) is 2. The third-order valence-electron chi connectivity index (χ3n) is 14.5. The molecule has 3 aliphatic carbocycles. The van der Waals surface area contributed by atoms with Crippen LogP contribution in [0.2, 0.25) is 0 Å². The zero-order chi connectivity index (χ0) is 26.2. The number of piperidine rings is 2. The normalized spacial score (nSPS) is 59.1. The van der Waals surface area contributed by atoms with Crippen LogP contribution in [-0.4, -0.2) is 52.1 Å². The first-order chi connectivity index (χ1) is 17.4. The topological polar surface area (TPSA) is 59.0 Å². The second-order valence-electron chi connectivity index (χ2n) is 15.7. The van der Waals surface area contributed by atoms with Gasteiger partial charge < -0.3 is 14.6 Å². The lowest BCUT2D eigenvalue weighted by molar-refractivity contribution is -0.188. The number of hydrogen-bond acceptors (Lipinski definition) is 5. The molecule has 7 rings (SSSR count). The van der Waals surface area contributed by atoms with E-state index in [1.54, 1.807) is 0 Å². The summed E-state index contributed by atoms with van der Waals surface area (Å²) in [4.78, 5) is 15.2. The Labute approximate surface area is 224 Å². The monoisotopic (exact) mass is 513 g/mol. The smallest absolute Gasteiger partial charge is 0.302 e. The van der Waals surface area contributed by atoms with Gasteiger partial charge in [0.1, 0.15) is 6.10 Å². The van der Waals surface area contributed by atoms with Gasteiger partial charge in [-0.3, -0.25) is 9.69 Å². The SMILES string of the molecule is CC(=O)O[C@@H]1CC[C@@]2(C)O[C@@H](O)[C@]1(C)[C@H]2CC[C@@]12[C@@H]3[C@@H](C(C)C)CC[C@@]1(C)[C@@H]1CC[C@@]4(CCC[C@H]42)N3C1. The van der Waals surface area contributed by atoms with E-state index < -0.39 is 11.7 Å². The van der Waals surface area contributed by atoms with Crippen LogP contribution < -0.4 is 0 Å². The number of nitrogens with zero attached hydrogens (tertiary/aromatic N) is 1. The summed E-state index contributed by atoms with van der Waals surface area (Å²) >= 11 is 0. The van der Waals surface area contributed by atoms with Gasteiger partial charge in [-0.25, -0.2) is 0 Å².